The molecule has 0 atom stereocenters. The Hall–Kier alpha value is -0.770. The number of hydrogen-bond acceptors (Lipinski definition) is 3. The molecule has 1 N–H and O–H groups in total. The molecular formula is C15H31NO3. The van der Waals surface area contributed by atoms with Crippen molar-refractivity contribution in [2.45, 2.75) is 72.4 Å². The SMILES string of the molecule is CCC(C)(C)OCCC(C)(C)NC(=O)OCC(C)C. The maximum Gasteiger partial charge on any atom is 0.407 e. The zero-order valence-corrected chi connectivity index (χ0v) is 13.6. The van der Waals surface area contributed by atoms with Crippen LogP contribution in [0.15, 0.2) is 0 Å². The van der Waals surface area contributed by atoms with E-state index in [1.807, 2.05) is 27.7 Å². The predicted octanol–water partition coefficient (Wildman–Crippen LogP) is 3.74. The molecule has 4 nitrogen and oxygen atoms in total. The molecule has 4 heteroatoms. The molecule has 0 fully saturated rings. The first-order valence-electron chi connectivity index (χ1n) is 7.17. The van der Waals surface area contributed by atoms with Crippen molar-refractivity contribution in [3.05, 3.63) is 0 Å². The third-order valence-electron chi connectivity index (χ3n) is 3.06. The number of ether oxygens (including phenoxy) is 2. The van der Waals surface area contributed by atoms with Gasteiger partial charge in [-0.15, -0.1) is 0 Å². The van der Waals surface area contributed by atoms with Gasteiger partial charge in [0.15, 0.2) is 0 Å². The summed E-state index contributed by atoms with van der Waals surface area (Å²) in [5.41, 5.74) is -0.424. The van der Waals surface area contributed by atoms with Crippen LogP contribution >= 0.6 is 0 Å². The summed E-state index contributed by atoms with van der Waals surface area (Å²) in [6, 6.07) is 0. The van der Waals surface area contributed by atoms with Crippen molar-refractivity contribution in [1.29, 1.82) is 0 Å². The smallest absolute Gasteiger partial charge is 0.407 e. The summed E-state index contributed by atoms with van der Waals surface area (Å²) >= 11 is 0. The van der Waals surface area contributed by atoms with E-state index in [4.69, 9.17) is 9.47 Å². The van der Waals surface area contributed by atoms with E-state index in [1.165, 1.54) is 0 Å². The quantitative estimate of drug-likeness (QED) is 0.733. The summed E-state index contributed by atoms with van der Waals surface area (Å²) in [4.78, 5) is 11.6. The molecule has 0 aromatic heterocycles. The second-order valence-electron chi connectivity index (χ2n) is 6.71. The first-order valence-corrected chi connectivity index (χ1v) is 7.17. The van der Waals surface area contributed by atoms with Crippen molar-refractivity contribution in [3.63, 3.8) is 0 Å². The standard InChI is InChI=1S/C15H31NO3/c1-8-15(6,7)19-10-9-14(4,5)16-13(17)18-11-12(2)3/h12H,8-11H2,1-7H3,(H,16,17). The Kier molecular flexibility index (Phi) is 7.42. The van der Waals surface area contributed by atoms with E-state index in [9.17, 15) is 4.79 Å². The van der Waals surface area contributed by atoms with Gasteiger partial charge in [0, 0.05) is 12.1 Å². The Morgan fingerprint density at radius 1 is 1.21 bits per heavy atom. The van der Waals surface area contributed by atoms with Crippen LogP contribution in [-0.4, -0.2) is 30.4 Å². The van der Waals surface area contributed by atoms with Crippen LogP contribution in [0.3, 0.4) is 0 Å². The molecule has 0 aromatic rings. The highest BCUT2D eigenvalue weighted by Crippen LogP contribution is 2.16. The van der Waals surface area contributed by atoms with Crippen LogP contribution in [0.2, 0.25) is 0 Å². The van der Waals surface area contributed by atoms with E-state index in [2.05, 4.69) is 26.1 Å². The Morgan fingerprint density at radius 3 is 2.26 bits per heavy atom. The molecule has 1 amide bonds. The molecule has 0 unspecified atom stereocenters. The van der Waals surface area contributed by atoms with Crippen molar-refractivity contribution in [3.8, 4) is 0 Å². The number of carbonyl (C=O) groups is 1. The fraction of sp³-hybridized carbons (Fsp3) is 0.933. The van der Waals surface area contributed by atoms with Crippen LogP contribution in [0.5, 0.6) is 0 Å². The van der Waals surface area contributed by atoms with Gasteiger partial charge < -0.3 is 14.8 Å². The highest BCUT2D eigenvalue weighted by Gasteiger charge is 2.23. The van der Waals surface area contributed by atoms with Crippen LogP contribution in [0, 0.1) is 5.92 Å². The summed E-state index contributed by atoms with van der Waals surface area (Å²) < 4.78 is 10.9. The molecule has 19 heavy (non-hydrogen) atoms. The van der Waals surface area contributed by atoms with Gasteiger partial charge in [-0.05, 0) is 46.5 Å². The summed E-state index contributed by atoms with van der Waals surface area (Å²) in [5, 5.41) is 2.87. The molecule has 0 heterocycles. The fourth-order valence-electron chi connectivity index (χ4n) is 1.30. The molecule has 0 aliphatic rings. The van der Waals surface area contributed by atoms with Gasteiger partial charge in [0.05, 0.1) is 12.2 Å². The Balaban J connectivity index is 4.01. The average molecular weight is 273 g/mol. The van der Waals surface area contributed by atoms with Crippen LogP contribution in [0.1, 0.15) is 61.3 Å². The maximum absolute atomic E-state index is 11.6. The van der Waals surface area contributed by atoms with Gasteiger partial charge in [-0.1, -0.05) is 20.8 Å². The minimum atomic E-state index is -0.353. The normalized spacial score (nSPS) is 12.6. The van der Waals surface area contributed by atoms with Crippen molar-refractivity contribution in [2.75, 3.05) is 13.2 Å². The molecule has 0 aromatic carbocycles. The van der Waals surface area contributed by atoms with Crippen LogP contribution in [0.4, 0.5) is 4.79 Å². The lowest BCUT2D eigenvalue weighted by Gasteiger charge is -2.29. The monoisotopic (exact) mass is 273 g/mol. The summed E-state index contributed by atoms with van der Waals surface area (Å²) in [6.07, 6.45) is 1.37. The van der Waals surface area contributed by atoms with Gasteiger partial charge in [-0.2, -0.15) is 0 Å². The lowest BCUT2D eigenvalue weighted by molar-refractivity contribution is -0.0274. The molecular weight excluding hydrogens is 242 g/mol. The van der Waals surface area contributed by atoms with Gasteiger partial charge in [0.2, 0.25) is 0 Å². The fourth-order valence-corrected chi connectivity index (χ4v) is 1.30. The third-order valence-corrected chi connectivity index (χ3v) is 3.06. The van der Waals surface area contributed by atoms with E-state index in [-0.39, 0.29) is 17.2 Å². The third kappa shape index (κ3) is 9.77. The highest BCUT2D eigenvalue weighted by molar-refractivity contribution is 5.68. The zero-order chi connectivity index (χ0) is 15.1. The number of alkyl carbamates (subject to hydrolysis) is 1. The van der Waals surface area contributed by atoms with Crippen LogP contribution < -0.4 is 5.32 Å². The lowest BCUT2D eigenvalue weighted by Crippen LogP contribution is -2.45. The van der Waals surface area contributed by atoms with E-state index >= 15 is 0 Å². The van der Waals surface area contributed by atoms with Gasteiger partial charge in [0.1, 0.15) is 0 Å². The minimum Gasteiger partial charge on any atom is -0.449 e. The van der Waals surface area contributed by atoms with Gasteiger partial charge >= 0.3 is 6.09 Å². The lowest BCUT2D eigenvalue weighted by atomic mass is 10.0. The molecule has 0 radical (unpaired) electrons. The van der Waals surface area contributed by atoms with Crippen molar-refractivity contribution < 1.29 is 14.3 Å². The first-order chi connectivity index (χ1) is 8.58. The van der Waals surface area contributed by atoms with Gasteiger partial charge in [-0.25, -0.2) is 4.79 Å². The summed E-state index contributed by atoms with van der Waals surface area (Å²) in [5.74, 6) is 0.350. The molecule has 0 rings (SSSR count). The zero-order valence-electron chi connectivity index (χ0n) is 13.6. The van der Waals surface area contributed by atoms with Gasteiger partial charge in [0.25, 0.3) is 0 Å². The van der Waals surface area contributed by atoms with Crippen LogP contribution in [0.25, 0.3) is 0 Å². The van der Waals surface area contributed by atoms with E-state index in [1.54, 1.807) is 0 Å². The topological polar surface area (TPSA) is 47.6 Å². The number of nitrogens with one attached hydrogen (secondary N) is 1. The average Bonchev–Trinajstić information content (AvgIpc) is 2.25. The molecule has 0 saturated heterocycles. The van der Waals surface area contributed by atoms with Crippen molar-refractivity contribution in [1.82, 2.24) is 5.32 Å². The Bertz CT molecular complexity index is 273. The van der Waals surface area contributed by atoms with Crippen molar-refractivity contribution >= 4 is 6.09 Å². The molecule has 114 valence electrons. The largest absolute Gasteiger partial charge is 0.449 e. The minimum absolute atomic E-state index is 0.103. The van der Waals surface area contributed by atoms with Gasteiger partial charge in [-0.3, -0.25) is 0 Å². The second-order valence-corrected chi connectivity index (χ2v) is 6.71. The summed E-state index contributed by atoms with van der Waals surface area (Å²) in [6.45, 7) is 15.3. The Labute approximate surface area is 118 Å². The van der Waals surface area contributed by atoms with E-state index in [0.717, 1.165) is 12.8 Å². The number of rotatable bonds is 8. The predicted molar refractivity (Wildman–Crippen MR) is 78.3 cm³/mol. The van der Waals surface area contributed by atoms with E-state index in [0.29, 0.717) is 19.1 Å². The number of carbonyl (C=O) groups excluding carboxylic acids is 1. The molecule has 0 saturated carbocycles. The summed E-state index contributed by atoms with van der Waals surface area (Å²) in [7, 11) is 0. The molecule has 0 bridgehead atoms. The van der Waals surface area contributed by atoms with Crippen LogP contribution in [-0.2, 0) is 9.47 Å². The molecule has 0 aliphatic carbocycles. The first kappa shape index (κ1) is 18.2. The second kappa shape index (κ2) is 7.73. The number of hydrogen-bond donors (Lipinski definition) is 1. The van der Waals surface area contributed by atoms with E-state index < -0.39 is 0 Å². The Morgan fingerprint density at radius 2 is 1.79 bits per heavy atom. The maximum atomic E-state index is 11.6. The molecule has 0 spiro atoms. The molecule has 0 aliphatic heterocycles. The van der Waals surface area contributed by atoms with Crippen molar-refractivity contribution in [2.24, 2.45) is 5.92 Å². The number of amides is 1. The highest BCUT2D eigenvalue weighted by atomic mass is 16.5.